The minimum absolute atomic E-state index is 0.0112. The van der Waals surface area contributed by atoms with Crippen molar-refractivity contribution in [2.45, 2.75) is 81.8 Å². The van der Waals surface area contributed by atoms with Crippen molar-refractivity contribution in [1.29, 1.82) is 0 Å². The standard InChI is InChI=1S/C29H45N7O11/c1-16(38)24(29(46)47)36-22(39)14-32-26(43)21(15-37)35-27(44)19(9-5-6-12-30)33-28(45)20(13-17-7-3-2-4-8-17)34-25(42)18(31)10-11-23(40)41/h2-4,7-8,16,18-21,24,37-38H,5-6,9-15,30-31H2,1H3,(H,32,43)(H,33,45)(H,34,42)(H,35,44)(H,36,39)(H,40,41)(H,46,47)/t16-,18+,19+,20+,21+,24+/m1/s1. The molecule has 0 aliphatic heterocycles. The van der Waals surface area contributed by atoms with Crippen LogP contribution in [0.25, 0.3) is 0 Å². The molecule has 0 fully saturated rings. The lowest BCUT2D eigenvalue weighted by Gasteiger charge is -2.25. The van der Waals surface area contributed by atoms with Crippen LogP contribution in [0, 0.1) is 0 Å². The SMILES string of the molecule is C[C@@H](O)[C@H](NC(=O)CNC(=O)[C@H](CO)NC(=O)[C@H](CCCCN)NC(=O)[C@H](Cc1ccccc1)NC(=O)[C@@H](N)CCC(=O)O)C(=O)O. The molecule has 5 amide bonds. The van der Waals surface area contributed by atoms with E-state index in [1.807, 2.05) is 5.32 Å². The predicted octanol–water partition coefficient (Wildman–Crippen LogP) is -3.94. The topological polar surface area (TPSA) is 313 Å². The fraction of sp³-hybridized carbons (Fsp3) is 0.552. The minimum atomic E-state index is -1.64. The molecule has 0 spiro atoms. The van der Waals surface area contributed by atoms with Crippen LogP contribution in [0.3, 0.4) is 0 Å². The van der Waals surface area contributed by atoms with Crippen molar-refractivity contribution in [2.75, 3.05) is 19.7 Å². The van der Waals surface area contributed by atoms with E-state index in [-0.39, 0.29) is 32.2 Å². The highest BCUT2D eigenvalue weighted by atomic mass is 16.4. The van der Waals surface area contributed by atoms with Gasteiger partial charge in [0.1, 0.15) is 18.1 Å². The second-order valence-electron chi connectivity index (χ2n) is 10.7. The maximum absolute atomic E-state index is 13.5. The molecule has 0 saturated carbocycles. The molecule has 18 nitrogen and oxygen atoms in total. The number of carbonyl (C=O) groups is 7. The Morgan fingerprint density at radius 3 is 1.94 bits per heavy atom. The number of nitrogens with two attached hydrogens (primary N) is 2. The van der Waals surface area contributed by atoms with Crippen LogP contribution in [0.1, 0.15) is 44.6 Å². The van der Waals surface area contributed by atoms with Crippen molar-refractivity contribution in [1.82, 2.24) is 26.6 Å². The molecule has 18 heteroatoms. The number of hydrogen-bond acceptors (Lipinski definition) is 11. The molecular formula is C29H45N7O11. The van der Waals surface area contributed by atoms with Crippen molar-refractivity contribution < 1.29 is 54.0 Å². The fourth-order valence-electron chi connectivity index (χ4n) is 4.15. The first kappa shape index (κ1) is 40.4. The number of carbonyl (C=O) groups excluding carboxylic acids is 5. The summed E-state index contributed by atoms with van der Waals surface area (Å²) in [5, 5.41) is 48.8. The van der Waals surface area contributed by atoms with E-state index in [1.54, 1.807) is 30.3 Å². The second kappa shape index (κ2) is 21.2. The lowest BCUT2D eigenvalue weighted by atomic mass is 10.0. The number of aliphatic hydroxyl groups is 2. The first-order valence-electron chi connectivity index (χ1n) is 14.9. The Bertz CT molecular complexity index is 1220. The molecule has 47 heavy (non-hydrogen) atoms. The van der Waals surface area contributed by atoms with Gasteiger partial charge in [0.2, 0.25) is 29.5 Å². The van der Waals surface area contributed by atoms with Gasteiger partial charge in [0.05, 0.1) is 25.3 Å². The average Bonchev–Trinajstić information content (AvgIpc) is 3.02. The van der Waals surface area contributed by atoms with Crippen LogP contribution in [-0.4, -0.2) is 118 Å². The van der Waals surface area contributed by atoms with Gasteiger partial charge < -0.3 is 58.5 Å². The molecule has 0 saturated heterocycles. The van der Waals surface area contributed by atoms with Gasteiger partial charge in [0, 0.05) is 12.8 Å². The Morgan fingerprint density at radius 2 is 1.38 bits per heavy atom. The van der Waals surface area contributed by atoms with Gasteiger partial charge in [-0.2, -0.15) is 0 Å². The molecule has 0 heterocycles. The van der Waals surface area contributed by atoms with E-state index in [0.29, 0.717) is 18.4 Å². The number of benzene rings is 1. The molecule has 0 aromatic heterocycles. The van der Waals surface area contributed by atoms with Crippen LogP contribution in [0.5, 0.6) is 0 Å². The Balaban J connectivity index is 3.04. The van der Waals surface area contributed by atoms with Crippen LogP contribution in [0.2, 0.25) is 0 Å². The van der Waals surface area contributed by atoms with Crippen LogP contribution in [-0.2, 0) is 40.0 Å². The van der Waals surface area contributed by atoms with Crippen LogP contribution >= 0.6 is 0 Å². The number of rotatable bonds is 22. The van der Waals surface area contributed by atoms with E-state index in [4.69, 9.17) is 21.7 Å². The molecule has 1 aromatic carbocycles. The Hall–Kier alpha value is -4.65. The number of nitrogens with one attached hydrogen (secondary N) is 5. The van der Waals surface area contributed by atoms with Gasteiger partial charge in [-0.1, -0.05) is 30.3 Å². The lowest BCUT2D eigenvalue weighted by Crippen LogP contribution is -2.59. The molecule has 1 rings (SSSR count). The summed E-state index contributed by atoms with van der Waals surface area (Å²) in [7, 11) is 0. The normalized spacial score (nSPS) is 14.7. The number of aliphatic carboxylic acids is 2. The van der Waals surface area contributed by atoms with Gasteiger partial charge >= 0.3 is 11.9 Å². The van der Waals surface area contributed by atoms with Crippen molar-refractivity contribution >= 4 is 41.5 Å². The Labute approximate surface area is 271 Å². The zero-order valence-electron chi connectivity index (χ0n) is 26.0. The molecule has 1 aromatic rings. The number of hydrogen-bond donors (Lipinski definition) is 11. The highest BCUT2D eigenvalue weighted by Crippen LogP contribution is 2.08. The van der Waals surface area contributed by atoms with Gasteiger partial charge in [0.15, 0.2) is 6.04 Å². The van der Waals surface area contributed by atoms with E-state index in [2.05, 4.69) is 21.3 Å². The van der Waals surface area contributed by atoms with Gasteiger partial charge in [-0.15, -0.1) is 0 Å². The number of carboxylic acids is 2. The van der Waals surface area contributed by atoms with Crippen molar-refractivity contribution in [3.8, 4) is 0 Å². The summed E-state index contributed by atoms with van der Waals surface area (Å²) in [5.74, 6) is -7.07. The van der Waals surface area contributed by atoms with E-state index in [1.165, 1.54) is 0 Å². The smallest absolute Gasteiger partial charge is 0.328 e. The predicted molar refractivity (Wildman–Crippen MR) is 165 cm³/mol. The lowest BCUT2D eigenvalue weighted by molar-refractivity contribution is -0.144. The van der Waals surface area contributed by atoms with Gasteiger partial charge in [-0.25, -0.2) is 4.79 Å². The quantitative estimate of drug-likeness (QED) is 0.0527. The third-order valence-corrected chi connectivity index (χ3v) is 6.81. The number of unbranched alkanes of at least 4 members (excludes halogenated alkanes) is 1. The Kier molecular flexibility index (Phi) is 18.2. The maximum atomic E-state index is 13.5. The summed E-state index contributed by atoms with van der Waals surface area (Å²) >= 11 is 0. The summed E-state index contributed by atoms with van der Waals surface area (Å²) in [6.45, 7) is -0.222. The summed E-state index contributed by atoms with van der Waals surface area (Å²) in [5.41, 5.74) is 12.0. The van der Waals surface area contributed by atoms with Gasteiger partial charge in [-0.3, -0.25) is 28.8 Å². The molecule has 6 atom stereocenters. The third-order valence-electron chi connectivity index (χ3n) is 6.81. The van der Waals surface area contributed by atoms with Crippen LogP contribution in [0.15, 0.2) is 30.3 Å². The summed E-state index contributed by atoms with van der Waals surface area (Å²) in [6, 6.07) is 1.65. The summed E-state index contributed by atoms with van der Waals surface area (Å²) in [6.07, 6.45) is -1.10. The molecule has 0 bridgehead atoms. The molecule has 262 valence electrons. The molecule has 0 aliphatic rings. The maximum Gasteiger partial charge on any atom is 0.328 e. The zero-order valence-corrected chi connectivity index (χ0v) is 26.0. The largest absolute Gasteiger partial charge is 0.481 e. The molecular weight excluding hydrogens is 622 g/mol. The summed E-state index contributed by atoms with van der Waals surface area (Å²) in [4.78, 5) is 86.2. The fourth-order valence-corrected chi connectivity index (χ4v) is 4.15. The highest BCUT2D eigenvalue weighted by molar-refractivity contribution is 5.96. The summed E-state index contributed by atoms with van der Waals surface area (Å²) < 4.78 is 0. The second-order valence-corrected chi connectivity index (χ2v) is 10.7. The molecule has 0 radical (unpaired) electrons. The third kappa shape index (κ3) is 15.5. The highest BCUT2D eigenvalue weighted by Gasteiger charge is 2.31. The van der Waals surface area contributed by atoms with Crippen molar-refractivity contribution in [3.63, 3.8) is 0 Å². The Morgan fingerprint density at radius 1 is 0.787 bits per heavy atom. The van der Waals surface area contributed by atoms with Gasteiger partial charge in [-0.05, 0) is 44.7 Å². The monoisotopic (exact) mass is 667 g/mol. The van der Waals surface area contributed by atoms with Crippen LogP contribution in [0.4, 0.5) is 0 Å². The average molecular weight is 668 g/mol. The van der Waals surface area contributed by atoms with E-state index >= 15 is 0 Å². The zero-order chi connectivity index (χ0) is 35.5. The number of carboxylic acid groups (broad SMARTS) is 2. The first-order valence-corrected chi connectivity index (χ1v) is 14.9. The molecule has 0 aliphatic carbocycles. The molecule has 13 N–H and O–H groups in total. The van der Waals surface area contributed by atoms with E-state index in [0.717, 1.165) is 6.92 Å². The van der Waals surface area contributed by atoms with Crippen molar-refractivity contribution in [2.24, 2.45) is 11.5 Å². The van der Waals surface area contributed by atoms with Crippen molar-refractivity contribution in [3.05, 3.63) is 35.9 Å². The first-order chi connectivity index (χ1) is 22.2. The van der Waals surface area contributed by atoms with E-state index in [9.17, 15) is 43.8 Å². The number of aliphatic hydroxyl groups excluding tert-OH is 2. The number of amides is 5. The molecule has 0 unspecified atom stereocenters. The minimum Gasteiger partial charge on any atom is -0.481 e. The van der Waals surface area contributed by atoms with Crippen LogP contribution < -0.4 is 38.1 Å². The van der Waals surface area contributed by atoms with E-state index < -0.39 is 90.9 Å². The van der Waals surface area contributed by atoms with Gasteiger partial charge in [0.25, 0.3) is 0 Å².